The fraction of sp³-hybridized carbons (Fsp3) is 1.00. The molecule has 0 N–H and O–H groups in total. The summed E-state index contributed by atoms with van der Waals surface area (Å²) in [6.07, 6.45) is 63.8. The zero-order valence-electron chi connectivity index (χ0n) is 34.0. The Kier molecular flexibility index (Phi) is 44.0. The molecule has 0 heteroatoms. The van der Waals surface area contributed by atoms with Crippen LogP contribution in [-0.2, 0) is 0 Å². The average Bonchev–Trinajstić information content (AvgIpc) is 3.09. The lowest BCUT2D eigenvalue weighted by molar-refractivity contribution is 0.392. The molecular weight excluding hydrogens is 565 g/mol. The van der Waals surface area contributed by atoms with E-state index in [0.29, 0.717) is 0 Å². The molecule has 0 aromatic carbocycles. The third-order valence-electron chi connectivity index (χ3n) is 11.5. The zero-order valence-corrected chi connectivity index (χ0v) is 34.0. The van der Waals surface area contributed by atoms with Gasteiger partial charge in [0, 0.05) is 0 Å². The maximum absolute atomic E-state index is 2.44. The highest BCUT2D eigenvalue weighted by Crippen LogP contribution is 2.22. The van der Waals surface area contributed by atoms with Crippen molar-refractivity contribution < 1.29 is 0 Å². The first-order valence-corrected chi connectivity index (χ1v) is 23.3. The van der Waals surface area contributed by atoms with Gasteiger partial charge >= 0.3 is 0 Å². The molecule has 1 unspecified atom stereocenters. The quantitative estimate of drug-likeness (QED) is 0.0571. The number of rotatable bonds is 43. The third kappa shape index (κ3) is 42.1. The lowest BCUT2D eigenvalue weighted by Crippen LogP contribution is -1.99. The second kappa shape index (κ2) is 44.0. The van der Waals surface area contributed by atoms with Crippen molar-refractivity contribution in [3.63, 3.8) is 0 Å². The van der Waals surface area contributed by atoms with E-state index in [9.17, 15) is 0 Å². The van der Waals surface area contributed by atoms with Gasteiger partial charge in [-0.15, -0.1) is 0 Å². The van der Waals surface area contributed by atoms with Gasteiger partial charge in [0.25, 0.3) is 0 Å². The summed E-state index contributed by atoms with van der Waals surface area (Å²) in [5.41, 5.74) is 0. The molecule has 0 amide bonds. The van der Waals surface area contributed by atoms with Crippen LogP contribution in [-0.4, -0.2) is 0 Å². The van der Waals surface area contributed by atoms with E-state index >= 15 is 0 Å². The van der Waals surface area contributed by atoms with E-state index in [1.165, 1.54) is 276 Å². The lowest BCUT2D eigenvalue weighted by Gasteiger charge is -2.14. The van der Waals surface area contributed by atoms with Crippen LogP contribution in [0.25, 0.3) is 0 Å². The minimum atomic E-state index is 1.01. The number of hydrogen-bond acceptors (Lipinski definition) is 0. The molecular formula is C47H96. The smallest absolute Gasteiger partial charge is 0.0417 e. The Bertz CT molecular complexity index is 508. The Morgan fingerprint density at radius 1 is 0.191 bits per heavy atom. The summed E-state index contributed by atoms with van der Waals surface area (Å²) >= 11 is 0. The van der Waals surface area contributed by atoms with Crippen molar-refractivity contribution in [2.24, 2.45) is 5.92 Å². The van der Waals surface area contributed by atoms with Crippen LogP contribution in [0.4, 0.5) is 0 Å². The molecule has 0 aromatic rings. The van der Waals surface area contributed by atoms with Crippen LogP contribution in [0.3, 0.4) is 0 Å². The van der Waals surface area contributed by atoms with Gasteiger partial charge < -0.3 is 0 Å². The van der Waals surface area contributed by atoms with Gasteiger partial charge in [0.1, 0.15) is 0 Å². The van der Waals surface area contributed by atoms with Gasteiger partial charge in [0.15, 0.2) is 0 Å². The van der Waals surface area contributed by atoms with E-state index in [0.717, 1.165) is 5.92 Å². The topological polar surface area (TPSA) is 0 Å². The number of unbranched alkanes of at least 4 members (excludes halogenated alkanes) is 38. The van der Waals surface area contributed by atoms with Gasteiger partial charge in [-0.1, -0.05) is 297 Å². The molecule has 0 aromatic heterocycles. The average molecular weight is 661 g/mol. The fourth-order valence-corrected chi connectivity index (χ4v) is 7.93. The molecule has 1 atom stereocenters. The largest absolute Gasteiger partial charge is 0.0654 e. The van der Waals surface area contributed by atoms with Crippen molar-refractivity contribution in [3.05, 3.63) is 0 Å². The molecule has 0 radical (unpaired) electrons. The summed E-state index contributed by atoms with van der Waals surface area (Å²) in [4.78, 5) is 0. The van der Waals surface area contributed by atoms with E-state index in [1.54, 1.807) is 0 Å². The Balaban J connectivity index is 3.23. The highest BCUT2D eigenvalue weighted by Gasteiger charge is 2.06. The zero-order chi connectivity index (χ0) is 34.0. The van der Waals surface area contributed by atoms with E-state index in [1.807, 2.05) is 0 Å². The summed E-state index contributed by atoms with van der Waals surface area (Å²) in [5.74, 6) is 1.01. The first-order chi connectivity index (χ1) is 23.3. The van der Waals surface area contributed by atoms with Crippen LogP contribution in [0.5, 0.6) is 0 Å². The van der Waals surface area contributed by atoms with E-state index in [4.69, 9.17) is 0 Å². The monoisotopic (exact) mass is 661 g/mol. The molecule has 0 spiro atoms. The number of hydrogen-bond donors (Lipinski definition) is 0. The van der Waals surface area contributed by atoms with E-state index in [-0.39, 0.29) is 0 Å². The van der Waals surface area contributed by atoms with Gasteiger partial charge in [-0.05, 0) is 5.92 Å². The predicted molar refractivity (Wildman–Crippen MR) is 219 cm³/mol. The highest BCUT2D eigenvalue weighted by atomic mass is 14.1. The van der Waals surface area contributed by atoms with Crippen molar-refractivity contribution in [1.82, 2.24) is 0 Å². The summed E-state index contributed by atoms with van der Waals surface area (Å²) in [5, 5.41) is 0. The standard InChI is InChI=1S/C47H96/c1-4-7-9-11-13-15-17-19-21-23-25-26-28-30-32-34-36-38-40-42-44-46-47(6-3)45-43-41-39-37-35-33-31-29-27-24-22-20-18-16-14-12-10-8-5-2/h47H,4-46H2,1-3H3. The summed E-state index contributed by atoms with van der Waals surface area (Å²) in [6.45, 7) is 7.07. The van der Waals surface area contributed by atoms with E-state index in [2.05, 4.69) is 20.8 Å². The van der Waals surface area contributed by atoms with Crippen LogP contribution < -0.4 is 0 Å². The van der Waals surface area contributed by atoms with Crippen LogP contribution in [0.2, 0.25) is 0 Å². The molecule has 0 aliphatic rings. The Morgan fingerprint density at radius 3 is 0.489 bits per heavy atom. The van der Waals surface area contributed by atoms with Crippen molar-refractivity contribution >= 4 is 0 Å². The normalized spacial score (nSPS) is 12.3. The summed E-state index contributed by atoms with van der Waals surface area (Å²) in [7, 11) is 0. The summed E-state index contributed by atoms with van der Waals surface area (Å²) in [6, 6.07) is 0. The van der Waals surface area contributed by atoms with Crippen LogP contribution in [0.15, 0.2) is 0 Å². The fourth-order valence-electron chi connectivity index (χ4n) is 7.93. The van der Waals surface area contributed by atoms with Crippen LogP contribution >= 0.6 is 0 Å². The second-order valence-electron chi connectivity index (χ2n) is 16.3. The second-order valence-corrected chi connectivity index (χ2v) is 16.3. The van der Waals surface area contributed by atoms with Crippen LogP contribution in [0, 0.1) is 5.92 Å². The maximum Gasteiger partial charge on any atom is -0.0417 e. The highest BCUT2D eigenvalue weighted by molar-refractivity contribution is 4.60. The lowest BCUT2D eigenvalue weighted by atomic mass is 9.92. The minimum Gasteiger partial charge on any atom is -0.0654 e. The summed E-state index contributed by atoms with van der Waals surface area (Å²) < 4.78 is 0. The molecule has 0 saturated carbocycles. The molecule has 0 aliphatic heterocycles. The Labute approximate surface area is 302 Å². The molecule has 284 valence electrons. The Morgan fingerprint density at radius 2 is 0.340 bits per heavy atom. The molecule has 0 bridgehead atoms. The predicted octanol–water partition coefficient (Wildman–Crippen LogP) is 18.4. The molecule has 0 rings (SSSR count). The molecule has 0 saturated heterocycles. The van der Waals surface area contributed by atoms with Gasteiger partial charge in [-0.3, -0.25) is 0 Å². The molecule has 0 heterocycles. The van der Waals surface area contributed by atoms with Crippen molar-refractivity contribution in [1.29, 1.82) is 0 Å². The first-order valence-electron chi connectivity index (χ1n) is 23.3. The molecule has 0 nitrogen and oxygen atoms in total. The molecule has 0 aliphatic carbocycles. The van der Waals surface area contributed by atoms with Gasteiger partial charge in [-0.2, -0.15) is 0 Å². The first kappa shape index (κ1) is 47.0. The van der Waals surface area contributed by atoms with Crippen molar-refractivity contribution in [3.8, 4) is 0 Å². The van der Waals surface area contributed by atoms with Crippen molar-refractivity contribution in [2.45, 2.75) is 297 Å². The maximum atomic E-state index is 2.44. The SMILES string of the molecule is CCCCCCCCCCCCCCCCCCCCCCCC(CC)CCCCCCCCCCCCCCCCCCCCC. The third-order valence-corrected chi connectivity index (χ3v) is 11.5. The Hall–Kier alpha value is 0. The van der Waals surface area contributed by atoms with Gasteiger partial charge in [0.2, 0.25) is 0 Å². The van der Waals surface area contributed by atoms with Gasteiger partial charge in [0.05, 0.1) is 0 Å². The minimum absolute atomic E-state index is 1.01. The van der Waals surface area contributed by atoms with E-state index < -0.39 is 0 Å². The van der Waals surface area contributed by atoms with Crippen molar-refractivity contribution in [2.75, 3.05) is 0 Å². The van der Waals surface area contributed by atoms with Gasteiger partial charge in [-0.25, -0.2) is 0 Å². The molecule has 47 heavy (non-hydrogen) atoms. The van der Waals surface area contributed by atoms with Crippen LogP contribution in [0.1, 0.15) is 297 Å². The molecule has 0 fully saturated rings.